The quantitative estimate of drug-likeness (QED) is 0.513. The van der Waals surface area contributed by atoms with Gasteiger partial charge in [-0.3, -0.25) is 0 Å². The molecule has 118 valence electrons. The minimum Gasteiger partial charge on any atom is -0.242 e. The molecule has 1 aromatic heterocycles. The van der Waals surface area contributed by atoms with E-state index in [4.69, 9.17) is 34.8 Å². The Morgan fingerprint density at radius 3 is 2.26 bits per heavy atom. The van der Waals surface area contributed by atoms with Crippen molar-refractivity contribution in [2.45, 2.75) is 13.1 Å². The molecule has 2 aromatic carbocycles. The van der Waals surface area contributed by atoms with Gasteiger partial charge in [-0.05, 0) is 37.3 Å². The number of benzene rings is 2. The molecular weight excluding hydrogens is 358 g/mol. The van der Waals surface area contributed by atoms with E-state index in [-0.39, 0.29) is 0 Å². The Morgan fingerprint density at radius 1 is 1.00 bits per heavy atom. The summed E-state index contributed by atoms with van der Waals surface area (Å²) in [5.41, 5.74) is 2.56. The van der Waals surface area contributed by atoms with Crippen molar-refractivity contribution in [2.75, 3.05) is 0 Å². The summed E-state index contributed by atoms with van der Waals surface area (Å²) in [6, 6.07) is 12.3. The normalized spacial score (nSPS) is 12.4. The predicted octanol–water partition coefficient (Wildman–Crippen LogP) is 6.53. The Bertz CT molecular complexity index is 842. The van der Waals surface area contributed by atoms with Crippen molar-refractivity contribution in [3.63, 3.8) is 0 Å². The summed E-state index contributed by atoms with van der Waals surface area (Å²) in [5, 5.41) is 5.89. The van der Waals surface area contributed by atoms with Gasteiger partial charge in [0.05, 0.1) is 22.6 Å². The molecule has 0 N–H and O–H groups in total. The van der Waals surface area contributed by atoms with E-state index in [9.17, 15) is 4.39 Å². The first-order chi connectivity index (χ1) is 11.0. The van der Waals surface area contributed by atoms with Gasteiger partial charge in [-0.2, -0.15) is 5.10 Å². The molecule has 0 amide bonds. The number of hydrogen-bond acceptors (Lipinski definition) is 1. The first-order valence-corrected chi connectivity index (χ1v) is 8.04. The fraction of sp³-hybridized carbons (Fsp3) is 0.118. The van der Waals surface area contributed by atoms with Crippen molar-refractivity contribution in [3.8, 4) is 16.9 Å². The van der Waals surface area contributed by atoms with Crippen LogP contribution in [0, 0.1) is 0 Å². The zero-order valence-electron chi connectivity index (χ0n) is 12.1. The molecule has 0 bridgehead atoms. The molecule has 1 heterocycles. The summed E-state index contributed by atoms with van der Waals surface area (Å²) in [4.78, 5) is 0. The minimum absolute atomic E-state index is 0.439. The highest BCUT2D eigenvalue weighted by Gasteiger charge is 2.20. The van der Waals surface area contributed by atoms with E-state index in [0.717, 1.165) is 5.56 Å². The van der Waals surface area contributed by atoms with Crippen molar-refractivity contribution in [2.24, 2.45) is 0 Å². The number of alkyl halides is 1. The Morgan fingerprint density at radius 2 is 1.65 bits per heavy atom. The van der Waals surface area contributed by atoms with Crippen molar-refractivity contribution in [1.82, 2.24) is 9.78 Å². The third-order valence-corrected chi connectivity index (χ3v) is 4.27. The second-order valence-corrected chi connectivity index (χ2v) is 6.36. The lowest BCUT2D eigenvalue weighted by molar-refractivity contribution is 0.375. The summed E-state index contributed by atoms with van der Waals surface area (Å²) in [7, 11) is 0. The molecule has 0 aliphatic heterocycles. The topological polar surface area (TPSA) is 17.8 Å². The highest BCUT2D eigenvalue weighted by Crippen LogP contribution is 2.35. The SMILES string of the molecule is CC(F)c1cnn(-c2ccc(Cl)cc2Cl)c1-c1ccc(Cl)cc1. The number of rotatable bonds is 3. The van der Waals surface area contributed by atoms with Gasteiger partial charge in [0.25, 0.3) is 0 Å². The van der Waals surface area contributed by atoms with Crippen LogP contribution in [0.1, 0.15) is 18.7 Å². The van der Waals surface area contributed by atoms with Crippen LogP contribution in [0.2, 0.25) is 15.1 Å². The van der Waals surface area contributed by atoms with Gasteiger partial charge in [-0.1, -0.05) is 46.9 Å². The van der Waals surface area contributed by atoms with Crippen LogP contribution in [0.4, 0.5) is 4.39 Å². The smallest absolute Gasteiger partial charge is 0.126 e. The van der Waals surface area contributed by atoms with Crippen LogP contribution in [0.25, 0.3) is 16.9 Å². The summed E-state index contributed by atoms with van der Waals surface area (Å²) in [5.74, 6) is 0. The molecule has 0 aliphatic carbocycles. The van der Waals surface area contributed by atoms with Crippen molar-refractivity contribution in [3.05, 3.63) is 69.3 Å². The van der Waals surface area contributed by atoms with Gasteiger partial charge in [-0.15, -0.1) is 0 Å². The van der Waals surface area contributed by atoms with Crippen LogP contribution in [0.5, 0.6) is 0 Å². The van der Waals surface area contributed by atoms with E-state index in [1.807, 2.05) is 12.1 Å². The summed E-state index contributed by atoms with van der Waals surface area (Å²) in [6.07, 6.45) is 0.347. The number of nitrogens with zero attached hydrogens (tertiary/aromatic N) is 2. The highest BCUT2D eigenvalue weighted by molar-refractivity contribution is 6.35. The molecule has 3 aromatic rings. The van der Waals surface area contributed by atoms with Crippen molar-refractivity contribution >= 4 is 34.8 Å². The fourth-order valence-electron chi connectivity index (χ4n) is 2.38. The van der Waals surface area contributed by atoms with Crippen LogP contribution >= 0.6 is 34.8 Å². The van der Waals surface area contributed by atoms with Gasteiger partial charge in [0, 0.05) is 21.2 Å². The van der Waals surface area contributed by atoms with Gasteiger partial charge in [0.2, 0.25) is 0 Å². The number of hydrogen-bond donors (Lipinski definition) is 0. The molecule has 2 nitrogen and oxygen atoms in total. The molecule has 0 aliphatic rings. The fourth-order valence-corrected chi connectivity index (χ4v) is 3.00. The Hall–Kier alpha value is -1.55. The van der Waals surface area contributed by atoms with Crippen LogP contribution in [-0.4, -0.2) is 9.78 Å². The molecule has 0 spiro atoms. The average Bonchev–Trinajstić information content (AvgIpc) is 2.93. The minimum atomic E-state index is -1.17. The molecule has 6 heteroatoms. The molecule has 23 heavy (non-hydrogen) atoms. The van der Waals surface area contributed by atoms with E-state index >= 15 is 0 Å². The zero-order valence-corrected chi connectivity index (χ0v) is 14.4. The average molecular weight is 370 g/mol. The maximum absolute atomic E-state index is 14.0. The van der Waals surface area contributed by atoms with E-state index in [2.05, 4.69) is 5.10 Å². The Labute approximate surface area is 148 Å². The van der Waals surface area contributed by atoms with Gasteiger partial charge in [0.1, 0.15) is 6.17 Å². The van der Waals surface area contributed by atoms with Crippen LogP contribution in [0.15, 0.2) is 48.7 Å². The third kappa shape index (κ3) is 3.23. The molecule has 3 rings (SSSR count). The molecule has 0 saturated carbocycles. The summed E-state index contributed by atoms with van der Waals surface area (Å²) in [6.45, 7) is 1.48. The Balaban J connectivity index is 2.24. The lowest BCUT2D eigenvalue weighted by atomic mass is 10.1. The van der Waals surface area contributed by atoms with Gasteiger partial charge in [0.15, 0.2) is 0 Å². The first kappa shape index (κ1) is 16.3. The van der Waals surface area contributed by atoms with E-state index in [1.165, 1.54) is 13.1 Å². The predicted molar refractivity (Wildman–Crippen MR) is 93.6 cm³/mol. The largest absolute Gasteiger partial charge is 0.242 e. The lowest BCUT2D eigenvalue weighted by Crippen LogP contribution is -2.01. The van der Waals surface area contributed by atoms with E-state index in [1.54, 1.807) is 35.0 Å². The molecule has 0 radical (unpaired) electrons. The molecule has 1 atom stereocenters. The van der Waals surface area contributed by atoms with E-state index < -0.39 is 6.17 Å². The number of aromatic nitrogens is 2. The van der Waals surface area contributed by atoms with Crippen LogP contribution in [-0.2, 0) is 0 Å². The molecular formula is C17H12Cl3FN2. The van der Waals surface area contributed by atoms with Crippen molar-refractivity contribution < 1.29 is 4.39 Å². The first-order valence-electron chi connectivity index (χ1n) is 6.90. The lowest BCUT2D eigenvalue weighted by Gasteiger charge is -2.12. The zero-order chi connectivity index (χ0) is 16.6. The van der Waals surface area contributed by atoms with Gasteiger partial charge >= 0.3 is 0 Å². The molecule has 1 unspecified atom stereocenters. The Kier molecular flexibility index (Phi) is 4.62. The summed E-state index contributed by atoms with van der Waals surface area (Å²) < 4.78 is 15.6. The molecule has 0 saturated heterocycles. The molecule has 0 fully saturated rings. The highest BCUT2D eigenvalue weighted by atomic mass is 35.5. The maximum atomic E-state index is 14.0. The van der Waals surface area contributed by atoms with Gasteiger partial charge in [-0.25, -0.2) is 9.07 Å². The maximum Gasteiger partial charge on any atom is 0.126 e. The van der Waals surface area contributed by atoms with Crippen LogP contribution in [0.3, 0.4) is 0 Å². The monoisotopic (exact) mass is 368 g/mol. The summed E-state index contributed by atoms with van der Waals surface area (Å²) >= 11 is 18.2. The third-order valence-electron chi connectivity index (χ3n) is 3.48. The van der Waals surface area contributed by atoms with Crippen molar-refractivity contribution in [1.29, 1.82) is 0 Å². The standard InChI is InChI=1S/C17H12Cl3FN2/c1-10(21)14-9-22-23(16-7-6-13(19)8-15(16)20)17(14)11-2-4-12(18)5-3-11/h2-10H,1H3. The second-order valence-electron chi connectivity index (χ2n) is 5.08. The van der Waals surface area contributed by atoms with Crippen LogP contribution < -0.4 is 0 Å². The number of halogens is 4. The van der Waals surface area contributed by atoms with Gasteiger partial charge < -0.3 is 0 Å². The van der Waals surface area contributed by atoms with E-state index in [0.29, 0.717) is 32.0 Å². The second kappa shape index (κ2) is 6.52.